The van der Waals surface area contributed by atoms with Gasteiger partial charge in [0.2, 0.25) is 5.89 Å². The molecule has 24 heavy (non-hydrogen) atoms. The van der Waals surface area contributed by atoms with Gasteiger partial charge in [0, 0.05) is 13.5 Å². The molecule has 4 nitrogen and oxygen atoms in total. The first-order valence-corrected chi connectivity index (χ1v) is 8.11. The third kappa shape index (κ3) is 3.61. The number of alkyl halides is 3. The van der Waals surface area contributed by atoms with Crippen molar-refractivity contribution in [3.8, 4) is 0 Å². The van der Waals surface area contributed by atoms with Crippen molar-refractivity contribution in [2.24, 2.45) is 0 Å². The molecule has 0 amide bonds. The van der Waals surface area contributed by atoms with E-state index in [0.29, 0.717) is 18.3 Å². The van der Waals surface area contributed by atoms with Crippen molar-refractivity contribution in [1.82, 2.24) is 15.5 Å². The number of benzene rings is 1. The zero-order valence-electron chi connectivity index (χ0n) is 13.5. The van der Waals surface area contributed by atoms with Gasteiger partial charge in [-0.2, -0.15) is 18.2 Å². The SMILES string of the molecule is Cc1nc(C2(NCc3ccc(C(F)(F)F)cc3)CCCCC2)no1. The van der Waals surface area contributed by atoms with Crippen LogP contribution in [0.15, 0.2) is 28.8 Å². The minimum absolute atomic E-state index is 0.362. The Labute approximate surface area is 138 Å². The van der Waals surface area contributed by atoms with E-state index >= 15 is 0 Å². The molecule has 0 aliphatic heterocycles. The van der Waals surface area contributed by atoms with Crippen LogP contribution in [0.5, 0.6) is 0 Å². The van der Waals surface area contributed by atoms with Gasteiger partial charge in [-0.1, -0.05) is 36.6 Å². The zero-order chi connectivity index (χ0) is 17.2. The Bertz CT molecular complexity index is 673. The van der Waals surface area contributed by atoms with E-state index < -0.39 is 11.7 Å². The van der Waals surface area contributed by atoms with E-state index in [0.717, 1.165) is 43.4 Å². The monoisotopic (exact) mass is 339 g/mol. The van der Waals surface area contributed by atoms with Crippen LogP contribution in [0.25, 0.3) is 0 Å². The number of nitrogens with one attached hydrogen (secondary N) is 1. The molecule has 1 N–H and O–H groups in total. The van der Waals surface area contributed by atoms with Crippen LogP contribution in [0.2, 0.25) is 0 Å². The third-order valence-corrected chi connectivity index (χ3v) is 4.57. The lowest BCUT2D eigenvalue weighted by molar-refractivity contribution is -0.137. The van der Waals surface area contributed by atoms with E-state index in [2.05, 4.69) is 15.5 Å². The lowest BCUT2D eigenvalue weighted by Crippen LogP contribution is -2.44. The highest BCUT2D eigenvalue weighted by atomic mass is 19.4. The van der Waals surface area contributed by atoms with Crippen LogP contribution < -0.4 is 5.32 Å². The molecule has 1 aromatic heterocycles. The molecule has 2 aromatic rings. The van der Waals surface area contributed by atoms with Gasteiger partial charge in [0.05, 0.1) is 11.1 Å². The number of halogens is 3. The first kappa shape index (κ1) is 17.0. The number of hydrogen-bond acceptors (Lipinski definition) is 4. The average molecular weight is 339 g/mol. The summed E-state index contributed by atoms with van der Waals surface area (Å²) in [6.07, 6.45) is 0.777. The zero-order valence-corrected chi connectivity index (χ0v) is 13.5. The molecule has 1 saturated carbocycles. The van der Waals surface area contributed by atoms with Crippen molar-refractivity contribution in [3.05, 3.63) is 47.1 Å². The van der Waals surface area contributed by atoms with Gasteiger partial charge in [0.25, 0.3) is 0 Å². The Morgan fingerprint density at radius 1 is 1.12 bits per heavy atom. The van der Waals surface area contributed by atoms with E-state index in [-0.39, 0.29) is 5.54 Å². The van der Waals surface area contributed by atoms with E-state index in [1.807, 2.05) is 0 Å². The van der Waals surface area contributed by atoms with Gasteiger partial charge in [0.15, 0.2) is 5.82 Å². The minimum atomic E-state index is -4.31. The fraction of sp³-hybridized carbons (Fsp3) is 0.529. The molecule has 1 fully saturated rings. The quantitative estimate of drug-likeness (QED) is 0.900. The predicted molar refractivity (Wildman–Crippen MR) is 82.1 cm³/mol. The Balaban J connectivity index is 1.74. The molecule has 1 aliphatic carbocycles. The summed E-state index contributed by atoms with van der Waals surface area (Å²) in [6.45, 7) is 2.22. The van der Waals surface area contributed by atoms with E-state index in [4.69, 9.17) is 4.52 Å². The van der Waals surface area contributed by atoms with Crippen LogP contribution in [-0.2, 0) is 18.3 Å². The Kier molecular flexibility index (Phi) is 4.62. The molecular formula is C17H20F3N3O. The molecule has 7 heteroatoms. The smallest absolute Gasteiger partial charge is 0.340 e. The van der Waals surface area contributed by atoms with Gasteiger partial charge < -0.3 is 9.84 Å². The van der Waals surface area contributed by atoms with Gasteiger partial charge in [-0.05, 0) is 30.5 Å². The van der Waals surface area contributed by atoms with Crippen molar-refractivity contribution in [2.75, 3.05) is 0 Å². The maximum Gasteiger partial charge on any atom is 0.416 e. The van der Waals surface area contributed by atoms with Crippen LogP contribution >= 0.6 is 0 Å². The molecular weight excluding hydrogens is 319 g/mol. The predicted octanol–water partition coefficient (Wildman–Crippen LogP) is 4.35. The van der Waals surface area contributed by atoms with Gasteiger partial charge in [-0.15, -0.1) is 0 Å². The fourth-order valence-corrected chi connectivity index (χ4v) is 3.21. The second-order valence-corrected chi connectivity index (χ2v) is 6.33. The van der Waals surface area contributed by atoms with Gasteiger partial charge >= 0.3 is 6.18 Å². The second kappa shape index (κ2) is 6.55. The van der Waals surface area contributed by atoms with Gasteiger partial charge in [-0.25, -0.2) is 0 Å². The van der Waals surface area contributed by atoms with E-state index in [1.165, 1.54) is 18.6 Å². The van der Waals surface area contributed by atoms with Gasteiger partial charge in [0.1, 0.15) is 0 Å². The van der Waals surface area contributed by atoms with Crippen LogP contribution in [0.3, 0.4) is 0 Å². The van der Waals surface area contributed by atoms with Crippen LogP contribution in [0.1, 0.15) is 54.9 Å². The summed E-state index contributed by atoms with van der Waals surface area (Å²) in [6, 6.07) is 5.24. The van der Waals surface area contributed by atoms with Crippen LogP contribution in [0.4, 0.5) is 13.2 Å². The highest BCUT2D eigenvalue weighted by Crippen LogP contribution is 2.36. The van der Waals surface area contributed by atoms with Crippen molar-refractivity contribution in [2.45, 2.75) is 57.3 Å². The summed E-state index contributed by atoms with van der Waals surface area (Å²) < 4.78 is 43.0. The Morgan fingerprint density at radius 3 is 2.33 bits per heavy atom. The lowest BCUT2D eigenvalue weighted by atomic mass is 9.81. The first-order chi connectivity index (χ1) is 11.4. The molecule has 3 rings (SSSR count). The number of rotatable bonds is 4. The molecule has 130 valence electrons. The molecule has 1 aliphatic rings. The summed E-state index contributed by atoms with van der Waals surface area (Å²) in [4.78, 5) is 4.38. The Hall–Kier alpha value is -1.89. The highest BCUT2D eigenvalue weighted by molar-refractivity contribution is 5.25. The average Bonchev–Trinajstić information content (AvgIpc) is 3.01. The lowest BCUT2D eigenvalue weighted by Gasteiger charge is -2.35. The van der Waals surface area contributed by atoms with Crippen LogP contribution in [0, 0.1) is 6.92 Å². The number of aromatic nitrogens is 2. The maximum absolute atomic E-state index is 12.6. The van der Waals surface area contributed by atoms with Crippen molar-refractivity contribution in [3.63, 3.8) is 0 Å². The number of aryl methyl sites for hydroxylation is 1. The van der Waals surface area contributed by atoms with E-state index in [1.54, 1.807) is 6.92 Å². The second-order valence-electron chi connectivity index (χ2n) is 6.33. The normalized spacial score (nSPS) is 17.8. The summed E-state index contributed by atoms with van der Waals surface area (Å²) in [7, 11) is 0. The topological polar surface area (TPSA) is 51.0 Å². The maximum atomic E-state index is 12.6. The Morgan fingerprint density at radius 2 is 1.79 bits per heavy atom. The molecule has 0 unspecified atom stereocenters. The minimum Gasteiger partial charge on any atom is -0.340 e. The van der Waals surface area contributed by atoms with Crippen molar-refractivity contribution < 1.29 is 17.7 Å². The number of hydrogen-bond donors (Lipinski definition) is 1. The molecule has 0 bridgehead atoms. The summed E-state index contributed by atoms with van der Waals surface area (Å²) >= 11 is 0. The largest absolute Gasteiger partial charge is 0.416 e. The van der Waals surface area contributed by atoms with E-state index in [9.17, 15) is 13.2 Å². The fourth-order valence-electron chi connectivity index (χ4n) is 3.21. The first-order valence-electron chi connectivity index (χ1n) is 8.11. The van der Waals surface area contributed by atoms with Gasteiger partial charge in [-0.3, -0.25) is 0 Å². The molecule has 0 atom stereocenters. The molecule has 1 heterocycles. The summed E-state index contributed by atoms with van der Waals surface area (Å²) in [5.41, 5.74) is -0.195. The molecule has 0 radical (unpaired) electrons. The summed E-state index contributed by atoms with van der Waals surface area (Å²) in [5, 5.41) is 7.55. The molecule has 0 saturated heterocycles. The number of nitrogens with zero attached hydrogens (tertiary/aromatic N) is 2. The van der Waals surface area contributed by atoms with Crippen molar-refractivity contribution in [1.29, 1.82) is 0 Å². The third-order valence-electron chi connectivity index (χ3n) is 4.57. The summed E-state index contributed by atoms with van der Waals surface area (Å²) in [5.74, 6) is 1.16. The standard InChI is InChI=1S/C17H20F3N3O/c1-12-22-15(23-24-12)16(9-3-2-4-10-16)21-11-13-5-7-14(8-6-13)17(18,19)20/h5-8,21H,2-4,9-11H2,1H3. The highest BCUT2D eigenvalue weighted by Gasteiger charge is 2.37. The van der Waals surface area contributed by atoms with Crippen molar-refractivity contribution >= 4 is 0 Å². The van der Waals surface area contributed by atoms with Crippen LogP contribution in [-0.4, -0.2) is 10.1 Å². The molecule has 0 spiro atoms. The molecule has 1 aromatic carbocycles.